The van der Waals surface area contributed by atoms with Crippen LogP contribution in [0.5, 0.6) is 0 Å². The van der Waals surface area contributed by atoms with Crippen LogP contribution >= 0.6 is 11.3 Å². The minimum absolute atomic E-state index is 0.139. The number of ether oxygens (including phenoxy) is 1. The topological polar surface area (TPSA) is 48.1 Å². The summed E-state index contributed by atoms with van der Waals surface area (Å²) in [6.07, 6.45) is 4.63. The lowest BCUT2D eigenvalue weighted by Crippen LogP contribution is -2.24. The van der Waals surface area contributed by atoms with Crippen molar-refractivity contribution in [1.29, 1.82) is 0 Å². The highest BCUT2D eigenvalue weighted by molar-refractivity contribution is 7.10. The molecule has 1 aromatic carbocycles. The molecule has 0 bridgehead atoms. The minimum atomic E-state index is -0.139. The Kier molecular flexibility index (Phi) is 3.87. The average molecular weight is 288 g/mol. The zero-order valence-corrected chi connectivity index (χ0v) is 12.6. The van der Waals surface area contributed by atoms with Crippen molar-refractivity contribution in [3.8, 4) is 11.3 Å². The summed E-state index contributed by atoms with van der Waals surface area (Å²) >= 11 is 1.71. The highest BCUT2D eigenvalue weighted by Crippen LogP contribution is 2.43. The van der Waals surface area contributed by atoms with Gasteiger partial charge in [0.1, 0.15) is 10.6 Å². The molecule has 1 aromatic heterocycles. The summed E-state index contributed by atoms with van der Waals surface area (Å²) in [5.41, 5.74) is 8.82. The molecule has 3 rings (SSSR count). The predicted molar refractivity (Wildman–Crippen MR) is 82.6 cm³/mol. The molecule has 1 aliphatic rings. The van der Waals surface area contributed by atoms with Gasteiger partial charge in [-0.05, 0) is 18.4 Å². The average Bonchev–Trinajstić information content (AvgIpc) is 3.17. The third-order valence-corrected chi connectivity index (χ3v) is 5.21. The molecule has 3 nitrogen and oxygen atoms in total. The number of aromatic nitrogens is 1. The van der Waals surface area contributed by atoms with Gasteiger partial charge in [0.05, 0.1) is 5.69 Å². The van der Waals surface area contributed by atoms with Gasteiger partial charge in [0.2, 0.25) is 0 Å². The normalized spacial score (nSPS) is 17.5. The van der Waals surface area contributed by atoms with E-state index < -0.39 is 0 Å². The molecular weight excluding hydrogens is 268 g/mol. The van der Waals surface area contributed by atoms with E-state index in [2.05, 4.69) is 29.6 Å². The van der Waals surface area contributed by atoms with Crippen molar-refractivity contribution in [1.82, 2.24) is 4.98 Å². The van der Waals surface area contributed by atoms with Crippen LogP contribution < -0.4 is 5.73 Å². The van der Waals surface area contributed by atoms with Crippen molar-refractivity contribution in [2.75, 3.05) is 7.11 Å². The highest BCUT2D eigenvalue weighted by Gasteiger charge is 2.38. The van der Waals surface area contributed by atoms with Crippen LogP contribution in [0.15, 0.2) is 29.6 Å². The standard InChI is InChI=1S/C16H20N2OS/c1-19-16(8-2-3-9-16)15-18-14(11-20-15)13-6-4-12(10-17)5-7-13/h4-7,11H,2-3,8-10,17H2,1H3. The van der Waals surface area contributed by atoms with Crippen molar-refractivity contribution in [2.24, 2.45) is 5.73 Å². The van der Waals surface area contributed by atoms with E-state index >= 15 is 0 Å². The molecule has 0 unspecified atom stereocenters. The number of hydrogen-bond donors (Lipinski definition) is 1. The molecule has 1 aliphatic carbocycles. The van der Waals surface area contributed by atoms with Crippen LogP contribution in [0.3, 0.4) is 0 Å². The number of hydrogen-bond acceptors (Lipinski definition) is 4. The largest absolute Gasteiger partial charge is 0.371 e. The van der Waals surface area contributed by atoms with E-state index in [0.717, 1.165) is 34.7 Å². The molecule has 2 aromatic rings. The number of thiazole rings is 1. The molecule has 1 heterocycles. The SMILES string of the molecule is COC1(c2nc(-c3ccc(CN)cc3)cs2)CCCC1. The lowest BCUT2D eigenvalue weighted by atomic mass is 10.0. The summed E-state index contributed by atoms with van der Waals surface area (Å²) in [5, 5.41) is 3.25. The lowest BCUT2D eigenvalue weighted by molar-refractivity contribution is -0.00879. The van der Waals surface area contributed by atoms with Gasteiger partial charge in [-0.25, -0.2) is 4.98 Å². The Morgan fingerprint density at radius 1 is 1.25 bits per heavy atom. The van der Waals surface area contributed by atoms with E-state index in [9.17, 15) is 0 Å². The maximum Gasteiger partial charge on any atom is 0.125 e. The van der Waals surface area contributed by atoms with Crippen LogP contribution in [0.25, 0.3) is 11.3 Å². The zero-order chi connectivity index (χ0) is 14.0. The first-order valence-corrected chi connectivity index (χ1v) is 7.96. The monoisotopic (exact) mass is 288 g/mol. The Morgan fingerprint density at radius 2 is 1.95 bits per heavy atom. The first-order chi connectivity index (χ1) is 9.77. The summed E-state index contributed by atoms with van der Waals surface area (Å²) in [6, 6.07) is 8.32. The van der Waals surface area contributed by atoms with Gasteiger partial charge in [-0.1, -0.05) is 37.1 Å². The van der Waals surface area contributed by atoms with Crippen molar-refractivity contribution in [2.45, 2.75) is 37.8 Å². The van der Waals surface area contributed by atoms with Crippen LogP contribution in [-0.2, 0) is 16.9 Å². The molecule has 20 heavy (non-hydrogen) atoms. The molecule has 0 radical (unpaired) electrons. The number of nitrogens with zero attached hydrogens (tertiary/aromatic N) is 1. The molecule has 1 saturated carbocycles. The van der Waals surface area contributed by atoms with E-state index in [1.807, 2.05) is 7.11 Å². The molecule has 2 N–H and O–H groups in total. The summed E-state index contributed by atoms with van der Waals surface area (Å²) in [4.78, 5) is 4.82. The molecular formula is C16H20N2OS. The highest BCUT2D eigenvalue weighted by atomic mass is 32.1. The summed E-state index contributed by atoms with van der Waals surface area (Å²) in [7, 11) is 1.81. The van der Waals surface area contributed by atoms with E-state index in [0.29, 0.717) is 6.54 Å². The maximum absolute atomic E-state index is 5.80. The second-order valence-electron chi connectivity index (χ2n) is 5.34. The van der Waals surface area contributed by atoms with Gasteiger partial charge in [-0.2, -0.15) is 0 Å². The van der Waals surface area contributed by atoms with Gasteiger partial charge in [0.15, 0.2) is 0 Å². The third-order valence-electron chi connectivity index (χ3n) is 4.18. The number of methoxy groups -OCH3 is 1. The smallest absolute Gasteiger partial charge is 0.125 e. The predicted octanol–water partition coefficient (Wildman–Crippen LogP) is 3.68. The van der Waals surface area contributed by atoms with Gasteiger partial charge in [0.25, 0.3) is 0 Å². The Balaban J connectivity index is 1.89. The number of benzene rings is 1. The third kappa shape index (κ3) is 2.39. The molecule has 4 heteroatoms. The second kappa shape index (κ2) is 5.64. The van der Waals surface area contributed by atoms with Crippen molar-refractivity contribution in [3.05, 3.63) is 40.2 Å². The quantitative estimate of drug-likeness (QED) is 0.933. The van der Waals surface area contributed by atoms with Gasteiger partial charge < -0.3 is 10.5 Å². The molecule has 0 amide bonds. The van der Waals surface area contributed by atoms with Crippen LogP contribution in [0, 0.1) is 0 Å². The molecule has 0 spiro atoms. The van der Waals surface area contributed by atoms with Crippen LogP contribution in [0.2, 0.25) is 0 Å². The molecule has 0 saturated heterocycles. The molecule has 0 aliphatic heterocycles. The minimum Gasteiger partial charge on any atom is -0.371 e. The van der Waals surface area contributed by atoms with Crippen molar-refractivity contribution in [3.63, 3.8) is 0 Å². The Labute approximate surface area is 123 Å². The Bertz CT molecular complexity index is 570. The zero-order valence-electron chi connectivity index (χ0n) is 11.8. The van der Waals surface area contributed by atoms with Crippen LogP contribution in [0.1, 0.15) is 36.3 Å². The second-order valence-corrected chi connectivity index (χ2v) is 6.20. The van der Waals surface area contributed by atoms with Gasteiger partial charge in [0, 0.05) is 24.6 Å². The molecule has 1 fully saturated rings. The lowest BCUT2D eigenvalue weighted by Gasteiger charge is -2.24. The maximum atomic E-state index is 5.80. The number of nitrogens with two attached hydrogens (primary N) is 1. The fraction of sp³-hybridized carbons (Fsp3) is 0.438. The first kappa shape index (κ1) is 13.7. The fourth-order valence-corrected chi connectivity index (χ4v) is 3.94. The summed E-state index contributed by atoms with van der Waals surface area (Å²) in [6.45, 7) is 0.579. The van der Waals surface area contributed by atoms with Crippen molar-refractivity contribution < 1.29 is 4.74 Å². The van der Waals surface area contributed by atoms with Gasteiger partial charge >= 0.3 is 0 Å². The van der Waals surface area contributed by atoms with Gasteiger partial charge in [-0.3, -0.25) is 0 Å². The van der Waals surface area contributed by atoms with E-state index in [1.54, 1.807) is 11.3 Å². The van der Waals surface area contributed by atoms with E-state index in [4.69, 9.17) is 15.5 Å². The van der Waals surface area contributed by atoms with Gasteiger partial charge in [-0.15, -0.1) is 11.3 Å². The van der Waals surface area contributed by atoms with E-state index in [1.165, 1.54) is 12.8 Å². The van der Waals surface area contributed by atoms with Crippen molar-refractivity contribution >= 4 is 11.3 Å². The van der Waals surface area contributed by atoms with Crippen LogP contribution in [-0.4, -0.2) is 12.1 Å². The molecule has 106 valence electrons. The first-order valence-electron chi connectivity index (χ1n) is 7.08. The molecule has 0 atom stereocenters. The summed E-state index contributed by atoms with van der Waals surface area (Å²) in [5.74, 6) is 0. The van der Waals surface area contributed by atoms with Crippen LogP contribution in [0.4, 0.5) is 0 Å². The Morgan fingerprint density at radius 3 is 2.55 bits per heavy atom. The fourth-order valence-electron chi connectivity index (χ4n) is 2.88. The van der Waals surface area contributed by atoms with E-state index in [-0.39, 0.29) is 5.60 Å². The summed E-state index contributed by atoms with van der Waals surface area (Å²) < 4.78 is 5.80. The number of rotatable bonds is 4. The Hall–Kier alpha value is -1.23.